The van der Waals surface area contributed by atoms with Gasteiger partial charge in [0.05, 0.1) is 5.69 Å². The molecule has 2 heterocycles. The van der Waals surface area contributed by atoms with Crippen molar-refractivity contribution in [1.82, 2.24) is 15.1 Å². The van der Waals surface area contributed by atoms with Crippen LogP contribution in [-0.2, 0) is 30.7 Å². The summed E-state index contributed by atoms with van der Waals surface area (Å²) in [6.45, 7) is 4.79. The molecule has 28 heavy (non-hydrogen) atoms. The van der Waals surface area contributed by atoms with E-state index in [9.17, 15) is 4.79 Å². The smallest absolute Gasteiger partial charge is 0.225 e. The molecule has 0 bridgehead atoms. The average Bonchev–Trinajstić information content (AvgIpc) is 3.10. The molecule has 1 aliphatic heterocycles. The van der Waals surface area contributed by atoms with Gasteiger partial charge >= 0.3 is 0 Å². The highest BCUT2D eigenvalue weighted by Crippen LogP contribution is 2.25. The van der Waals surface area contributed by atoms with Crippen LogP contribution in [0.15, 0.2) is 54.6 Å². The molecular weight excluding hydrogens is 348 g/mol. The Hall–Kier alpha value is -2.92. The molecule has 0 saturated carbocycles. The topological polar surface area (TPSA) is 61.0 Å². The van der Waals surface area contributed by atoms with Crippen LogP contribution in [0.25, 0.3) is 0 Å². The first-order valence-corrected chi connectivity index (χ1v) is 9.85. The summed E-state index contributed by atoms with van der Waals surface area (Å²) in [5.74, 6) is 0.713. The number of H-pyrrole nitrogens is 1. The molecule has 0 unspecified atom stereocenters. The van der Waals surface area contributed by atoms with Gasteiger partial charge in [-0.2, -0.15) is 5.10 Å². The molecule has 5 nitrogen and oxygen atoms in total. The van der Waals surface area contributed by atoms with E-state index < -0.39 is 0 Å². The molecule has 0 fully saturated rings. The van der Waals surface area contributed by atoms with Crippen molar-refractivity contribution in [2.24, 2.45) is 0 Å². The highest BCUT2D eigenvalue weighted by atomic mass is 16.1. The number of fused-ring (bicyclic) bond motifs is 1. The van der Waals surface area contributed by atoms with Crippen molar-refractivity contribution < 1.29 is 4.79 Å². The number of hydrogen-bond donors (Lipinski definition) is 2. The van der Waals surface area contributed by atoms with Gasteiger partial charge in [0, 0.05) is 31.6 Å². The predicted molar refractivity (Wildman–Crippen MR) is 111 cm³/mol. The van der Waals surface area contributed by atoms with Crippen molar-refractivity contribution >= 4 is 11.7 Å². The van der Waals surface area contributed by atoms with Gasteiger partial charge in [0.25, 0.3) is 0 Å². The number of benzene rings is 2. The lowest BCUT2D eigenvalue weighted by atomic mass is 10.1. The van der Waals surface area contributed by atoms with Crippen molar-refractivity contribution in [3.63, 3.8) is 0 Å². The first-order chi connectivity index (χ1) is 13.7. The van der Waals surface area contributed by atoms with Crippen LogP contribution in [0.2, 0.25) is 0 Å². The Morgan fingerprint density at radius 1 is 1.11 bits per heavy atom. The van der Waals surface area contributed by atoms with Gasteiger partial charge < -0.3 is 5.32 Å². The lowest BCUT2D eigenvalue weighted by Gasteiger charge is -2.26. The van der Waals surface area contributed by atoms with Gasteiger partial charge in [-0.25, -0.2) is 0 Å². The number of aryl methyl sites for hydroxylation is 2. The van der Waals surface area contributed by atoms with E-state index in [4.69, 9.17) is 0 Å². The number of nitrogens with zero attached hydrogens (tertiary/aromatic N) is 2. The third-order valence-corrected chi connectivity index (χ3v) is 5.28. The second kappa shape index (κ2) is 8.40. The van der Waals surface area contributed by atoms with Crippen LogP contribution in [0.1, 0.15) is 34.4 Å². The number of carbonyl (C=O) groups excluding carboxylic acids is 1. The van der Waals surface area contributed by atoms with Crippen molar-refractivity contribution in [3.8, 4) is 0 Å². The number of amides is 1. The maximum atomic E-state index is 12.4. The van der Waals surface area contributed by atoms with Gasteiger partial charge in [0.15, 0.2) is 5.82 Å². The fraction of sp³-hybridized carbons (Fsp3) is 0.304. The van der Waals surface area contributed by atoms with Gasteiger partial charge in [0.2, 0.25) is 5.91 Å². The fourth-order valence-electron chi connectivity index (χ4n) is 3.66. The van der Waals surface area contributed by atoms with E-state index in [1.807, 2.05) is 6.07 Å². The number of hydrogen-bond acceptors (Lipinski definition) is 3. The molecule has 0 saturated heterocycles. The van der Waals surface area contributed by atoms with E-state index in [0.29, 0.717) is 12.2 Å². The van der Waals surface area contributed by atoms with E-state index in [-0.39, 0.29) is 5.91 Å². The van der Waals surface area contributed by atoms with Crippen LogP contribution < -0.4 is 5.32 Å². The Morgan fingerprint density at radius 2 is 1.89 bits per heavy atom. The molecule has 1 aliphatic rings. The van der Waals surface area contributed by atoms with Crippen LogP contribution in [0, 0.1) is 6.92 Å². The summed E-state index contributed by atoms with van der Waals surface area (Å²) < 4.78 is 0. The summed E-state index contributed by atoms with van der Waals surface area (Å²) in [5, 5.41) is 10.5. The van der Waals surface area contributed by atoms with Gasteiger partial charge in [0.1, 0.15) is 0 Å². The zero-order valence-electron chi connectivity index (χ0n) is 16.2. The molecule has 144 valence electrons. The highest BCUT2D eigenvalue weighted by molar-refractivity contribution is 5.90. The Kier molecular flexibility index (Phi) is 5.53. The van der Waals surface area contributed by atoms with E-state index >= 15 is 0 Å². The Labute approximate surface area is 165 Å². The summed E-state index contributed by atoms with van der Waals surface area (Å²) >= 11 is 0. The molecule has 2 N–H and O–H groups in total. The van der Waals surface area contributed by atoms with Crippen LogP contribution in [-0.4, -0.2) is 27.5 Å². The minimum atomic E-state index is 0.0154. The average molecular weight is 374 g/mol. The minimum Gasteiger partial charge on any atom is -0.309 e. The number of rotatable bonds is 6. The molecule has 1 amide bonds. The van der Waals surface area contributed by atoms with Crippen molar-refractivity contribution in [1.29, 1.82) is 0 Å². The third kappa shape index (κ3) is 4.49. The molecule has 5 heteroatoms. The second-order valence-corrected chi connectivity index (χ2v) is 7.51. The third-order valence-electron chi connectivity index (χ3n) is 5.28. The molecular formula is C23H26N4O. The van der Waals surface area contributed by atoms with E-state index in [2.05, 4.69) is 75.9 Å². The normalized spacial score (nSPS) is 13.9. The maximum Gasteiger partial charge on any atom is 0.225 e. The Bertz CT molecular complexity index is 931. The monoisotopic (exact) mass is 374 g/mol. The Morgan fingerprint density at radius 3 is 2.68 bits per heavy atom. The molecule has 1 aromatic heterocycles. The number of aromatic nitrogens is 2. The lowest BCUT2D eigenvalue weighted by Crippen LogP contribution is -2.30. The number of carbonyl (C=O) groups is 1. The van der Waals surface area contributed by atoms with Gasteiger partial charge in [-0.1, -0.05) is 60.2 Å². The van der Waals surface area contributed by atoms with Crippen molar-refractivity contribution in [2.75, 3.05) is 11.9 Å². The summed E-state index contributed by atoms with van der Waals surface area (Å²) in [5.41, 5.74) is 5.98. The predicted octanol–water partition coefficient (Wildman–Crippen LogP) is 3.85. The molecule has 0 aliphatic carbocycles. The molecule has 4 rings (SSSR count). The van der Waals surface area contributed by atoms with Crippen LogP contribution >= 0.6 is 0 Å². The number of aromatic amines is 1. The van der Waals surface area contributed by atoms with Gasteiger partial charge in [-0.3, -0.25) is 14.8 Å². The quantitative estimate of drug-likeness (QED) is 0.689. The second-order valence-electron chi connectivity index (χ2n) is 7.51. The molecule has 0 atom stereocenters. The summed E-state index contributed by atoms with van der Waals surface area (Å²) in [7, 11) is 0. The largest absolute Gasteiger partial charge is 0.309 e. The number of anilines is 1. The zero-order chi connectivity index (χ0) is 19.3. The van der Waals surface area contributed by atoms with E-state index in [1.165, 1.54) is 16.7 Å². The summed E-state index contributed by atoms with van der Waals surface area (Å²) in [6, 6.07) is 18.8. The molecule has 0 spiro atoms. The van der Waals surface area contributed by atoms with Crippen LogP contribution in [0.4, 0.5) is 5.82 Å². The first-order valence-electron chi connectivity index (χ1n) is 9.85. The zero-order valence-corrected chi connectivity index (χ0v) is 16.2. The van der Waals surface area contributed by atoms with Crippen LogP contribution in [0.3, 0.4) is 0 Å². The van der Waals surface area contributed by atoms with Crippen molar-refractivity contribution in [3.05, 3.63) is 82.5 Å². The molecule has 3 aromatic rings. The van der Waals surface area contributed by atoms with Gasteiger partial charge in [-0.05, 0) is 30.9 Å². The number of nitrogens with one attached hydrogen (secondary N) is 2. The highest BCUT2D eigenvalue weighted by Gasteiger charge is 2.22. The van der Waals surface area contributed by atoms with Crippen molar-refractivity contribution in [2.45, 2.75) is 39.3 Å². The minimum absolute atomic E-state index is 0.0154. The molecule has 0 radical (unpaired) electrons. The van der Waals surface area contributed by atoms with E-state index in [0.717, 1.165) is 43.7 Å². The summed E-state index contributed by atoms with van der Waals surface area (Å²) in [6.07, 6.45) is 2.10. The maximum absolute atomic E-state index is 12.4. The lowest BCUT2D eigenvalue weighted by molar-refractivity contribution is -0.116. The van der Waals surface area contributed by atoms with E-state index in [1.54, 1.807) is 0 Å². The SMILES string of the molecule is Cc1ccc(CCC(=O)Nc2n[nH]c3c2CCN(Cc2ccccc2)C3)cc1. The standard InChI is InChI=1S/C23H26N4O/c1-17-7-9-18(10-8-17)11-12-22(28)24-23-20-13-14-27(16-21(20)25-26-23)15-19-5-3-2-4-6-19/h2-10H,11-16H2,1H3,(H2,24,25,26,28). The van der Waals surface area contributed by atoms with Gasteiger partial charge in [-0.15, -0.1) is 0 Å². The summed E-state index contributed by atoms with van der Waals surface area (Å²) in [4.78, 5) is 14.8. The molecule has 2 aromatic carbocycles. The Balaban J connectivity index is 1.32. The fourth-order valence-corrected chi connectivity index (χ4v) is 3.66. The first kappa shape index (κ1) is 18.4. The van der Waals surface area contributed by atoms with Crippen LogP contribution in [0.5, 0.6) is 0 Å².